The zero-order valence-electron chi connectivity index (χ0n) is 18.2. The van der Waals surface area contributed by atoms with Gasteiger partial charge in [0.05, 0.1) is 5.52 Å². The maximum atomic E-state index is 12.9. The third-order valence-corrected chi connectivity index (χ3v) is 5.59. The Morgan fingerprint density at radius 2 is 1.73 bits per heavy atom. The van der Waals surface area contributed by atoms with E-state index >= 15 is 0 Å². The highest BCUT2D eigenvalue weighted by atomic mass is 16.5. The molecule has 0 atom stereocenters. The number of piperazine rings is 1. The molecular weight excluding hydrogens is 422 g/mol. The second-order valence-corrected chi connectivity index (χ2v) is 7.82. The summed E-state index contributed by atoms with van der Waals surface area (Å²) in [6.45, 7) is 4.08. The molecule has 2 aromatic heterocycles. The Morgan fingerprint density at radius 3 is 2.52 bits per heavy atom. The van der Waals surface area contributed by atoms with Crippen molar-refractivity contribution in [3.63, 3.8) is 0 Å². The van der Waals surface area contributed by atoms with Gasteiger partial charge in [0.15, 0.2) is 5.58 Å². The van der Waals surface area contributed by atoms with E-state index in [2.05, 4.69) is 14.9 Å². The van der Waals surface area contributed by atoms with Gasteiger partial charge in [-0.25, -0.2) is 9.78 Å². The molecule has 2 aromatic carbocycles. The van der Waals surface area contributed by atoms with Crippen LogP contribution in [-0.4, -0.2) is 51.5 Å². The lowest BCUT2D eigenvalue weighted by Gasteiger charge is -2.35. The molecule has 0 unspecified atom stereocenters. The Kier molecular flexibility index (Phi) is 5.52. The average Bonchev–Trinajstić information content (AvgIpc) is 3.14. The van der Waals surface area contributed by atoms with E-state index in [9.17, 15) is 9.59 Å². The second kappa shape index (κ2) is 8.78. The van der Waals surface area contributed by atoms with Crippen LogP contribution in [0.2, 0.25) is 0 Å². The normalized spacial score (nSPS) is 14.0. The predicted octanol–water partition coefficient (Wildman–Crippen LogP) is 2.83. The number of amides is 1. The minimum absolute atomic E-state index is 0.0441. The number of para-hydroxylation sites is 3. The minimum atomic E-state index is -0.523. The Bertz CT molecular complexity index is 1340. The van der Waals surface area contributed by atoms with Crippen molar-refractivity contribution < 1.29 is 13.9 Å². The van der Waals surface area contributed by atoms with E-state index in [0.717, 1.165) is 5.82 Å². The second-order valence-electron chi connectivity index (χ2n) is 7.82. The number of benzene rings is 2. The topological polar surface area (TPSA) is 93.7 Å². The molecule has 0 radical (unpaired) electrons. The molecule has 3 heterocycles. The fourth-order valence-electron chi connectivity index (χ4n) is 3.93. The van der Waals surface area contributed by atoms with Gasteiger partial charge in [-0.15, -0.1) is 0 Å². The third-order valence-electron chi connectivity index (χ3n) is 5.59. The fourth-order valence-corrected chi connectivity index (χ4v) is 3.93. The molecule has 0 saturated carbocycles. The molecule has 0 aliphatic carbocycles. The minimum Gasteiger partial charge on any atom is -0.439 e. The van der Waals surface area contributed by atoms with Crippen molar-refractivity contribution in [1.29, 1.82) is 0 Å². The summed E-state index contributed by atoms with van der Waals surface area (Å²) in [5.41, 5.74) is 1.10. The van der Waals surface area contributed by atoms with Crippen molar-refractivity contribution in [2.45, 2.75) is 13.5 Å². The van der Waals surface area contributed by atoms with Gasteiger partial charge < -0.3 is 19.0 Å². The lowest BCUT2D eigenvalue weighted by molar-refractivity contribution is -0.132. The molecule has 1 saturated heterocycles. The maximum Gasteiger partial charge on any atom is 0.420 e. The van der Waals surface area contributed by atoms with Crippen LogP contribution in [0.3, 0.4) is 0 Å². The highest BCUT2D eigenvalue weighted by Crippen LogP contribution is 2.24. The summed E-state index contributed by atoms with van der Waals surface area (Å²) in [6.07, 6.45) is 0. The average molecular weight is 445 g/mol. The summed E-state index contributed by atoms with van der Waals surface area (Å²) in [4.78, 5) is 37.9. The van der Waals surface area contributed by atoms with Crippen molar-refractivity contribution in [3.8, 4) is 11.6 Å². The number of aryl methyl sites for hydroxylation is 1. The number of carbonyl (C=O) groups is 1. The molecule has 9 nitrogen and oxygen atoms in total. The van der Waals surface area contributed by atoms with E-state index in [0.29, 0.717) is 54.7 Å². The number of oxazole rings is 1. The Morgan fingerprint density at radius 1 is 1.00 bits per heavy atom. The first-order valence-electron chi connectivity index (χ1n) is 10.8. The van der Waals surface area contributed by atoms with Gasteiger partial charge in [0.1, 0.15) is 23.9 Å². The van der Waals surface area contributed by atoms with Gasteiger partial charge in [0, 0.05) is 32.2 Å². The van der Waals surface area contributed by atoms with Gasteiger partial charge in [-0.1, -0.05) is 30.3 Å². The fraction of sp³-hybridized carbons (Fsp3) is 0.250. The van der Waals surface area contributed by atoms with E-state index < -0.39 is 5.76 Å². The van der Waals surface area contributed by atoms with Crippen LogP contribution >= 0.6 is 0 Å². The number of fused-ring (bicyclic) bond motifs is 1. The van der Waals surface area contributed by atoms with Gasteiger partial charge in [0.25, 0.3) is 0 Å². The third kappa shape index (κ3) is 4.43. The van der Waals surface area contributed by atoms with E-state index in [1.807, 2.05) is 49.4 Å². The number of anilines is 1. The summed E-state index contributed by atoms with van der Waals surface area (Å²) < 4.78 is 12.5. The van der Waals surface area contributed by atoms with Crippen molar-refractivity contribution in [2.24, 2.45) is 0 Å². The smallest absolute Gasteiger partial charge is 0.420 e. The van der Waals surface area contributed by atoms with Gasteiger partial charge in [-0.2, -0.15) is 4.98 Å². The maximum absolute atomic E-state index is 12.9. The highest BCUT2D eigenvalue weighted by Gasteiger charge is 2.24. The van der Waals surface area contributed by atoms with Crippen molar-refractivity contribution in [1.82, 2.24) is 19.4 Å². The van der Waals surface area contributed by atoms with Crippen LogP contribution in [0.1, 0.15) is 5.82 Å². The van der Waals surface area contributed by atoms with Gasteiger partial charge >= 0.3 is 5.76 Å². The van der Waals surface area contributed by atoms with Gasteiger partial charge in [0.2, 0.25) is 11.8 Å². The Labute approximate surface area is 189 Å². The van der Waals surface area contributed by atoms with E-state index in [4.69, 9.17) is 9.15 Å². The molecule has 1 amide bonds. The van der Waals surface area contributed by atoms with Crippen LogP contribution in [0.5, 0.6) is 11.6 Å². The first-order chi connectivity index (χ1) is 16.1. The van der Waals surface area contributed by atoms with Crippen molar-refractivity contribution >= 4 is 22.8 Å². The zero-order chi connectivity index (χ0) is 22.8. The quantitative estimate of drug-likeness (QED) is 0.466. The van der Waals surface area contributed by atoms with Crippen LogP contribution in [0, 0.1) is 6.92 Å². The van der Waals surface area contributed by atoms with Crippen LogP contribution in [-0.2, 0) is 11.3 Å². The lowest BCUT2D eigenvalue weighted by atomic mass is 10.3. The molecule has 4 aromatic rings. The van der Waals surface area contributed by atoms with E-state index in [-0.39, 0.29) is 12.5 Å². The Hall–Kier alpha value is -4.14. The number of nitrogens with zero attached hydrogens (tertiary/aromatic N) is 5. The Balaban J connectivity index is 1.25. The lowest BCUT2D eigenvalue weighted by Crippen LogP contribution is -2.50. The molecule has 1 aliphatic heterocycles. The van der Waals surface area contributed by atoms with Crippen molar-refractivity contribution in [3.05, 3.63) is 77.0 Å². The molecule has 0 bridgehead atoms. The summed E-state index contributed by atoms with van der Waals surface area (Å²) in [7, 11) is 0. The van der Waals surface area contributed by atoms with Crippen LogP contribution in [0.4, 0.5) is 5.82 Å². The number of carbonyl (C=O) groups excluding carboxylic acids is 1. The summed E-state index contributed by atoms with van der Waals surface area (Å²) in [5.74, 6) is 1.92. The summed E-state index contributed by atoms with van der Waals surface area (Å²) >= 11 is 0. The zero-order valence-corrected chi connectivity index (χ0v) is 18.2. The van der Waals surface area contributed by atoms with Gasteiger partial charge in [-0.05, 0) is 31.2 Å². The summed E-state index contributed by atoms with van der Waals surface area (Å²) in [5, 5.41) is 0. The molecule has 5 rings (SSSR count). The number of hydrogen-bond donors (Lipinski definition) is 0. The van der Waals surface area contributed by atoms with Crippen molar-refractivity contribution in [2.75, 3.05) is 31.1 Å². The SMILES string of the molecule is Cc1nc(Oc2ccccc2)cc(N2CCN(C(=O)Cn3c(=O)oc4ccccc43)CC2)n1. The molecule has 33 heavy (non-hydrogen) atoms. The molecule has 9 heteroatoms. The van der Waals surface area contributed by atoms with Gasteiger partial charge in [-0.3, -0.25) is 9.36 Å². The standard InChI is InChI=1S/C24H23N5O4/c1-17-25-21(15-22(26-17)32-18-7-3-2-4-8-18)27-11-13-28(14-12-27)23(30)16-29-19-9-5-6-10-20(19)33-24(29)31/h2-10,15H,11-14,16H2,1H3. The first-order valence-corrected chi connectivity index (χ1v) is 10.8. The predicted molar refractivity (Wildman–Crippen MR) is 123 cm³/mol. The van der Waals surface area contributed by atoms with Crippen LogP contribution in [0.25, 0.3) is 11.1 Å². The number of hydrogen-bond acceptors (Lipinski definition) is 7. The molecule has 168 valence electrons. The monoisotopic (exact) mass is 445 g/mol. The largest absolute Gasteiger partial charge is 0.439 e. The number of aromatic nitrogens is 3. The molecule has 0 spiro atoms. The summed E-state index contributed by atoms with van der Waals surface area (Å²) in [6, 6.07) is 18.4. The van der Waals surface area contributed by atoms with Crippen LogP contribution < -0.4 is 15.4 Å². The highest BCUT2D eigenvalue weighted by molar-refractivity contribution is 5.79. The number of rotatable bonds is 5. The van der Waals surface area contributed by atoms with E-state index in [1.165, 1.54) is 4.57 Å². The van der Waals surface area contributed by atoms with Crippen LogP contribution in [0.15, 0.2) is 69.9 Å². The van der Waals surface area contributed by atoms with E-state index in [1.54, 1.807) is 23.1 Å². The first kappa shape index (κ1) is 20.7. The molecule has 0 N–H and O–H groups in total. The molecular formula is C24H23N5O4. The molecule has 1 aliphatic rings. The molecule has 1 fully saturated rings. The number of ether oxygens (including phenoxy) is 1.